The first-order chi connectivity index (χ1) is 21.2. The Morgan fingerprint density at radius 3 is 2.43 bits per heavy atom. The number of methoxy groups -OCH3 is 5. The molecule has 0 saturated carbocycles. The number of carbonyl (C=O) groups excluding carboxylic acids is 1. The van der Waals surface area contributed by atoms with E-state index in [-0.39, 0.29) is 17.4 Å². The Morgan fingerprint density at radius 1 is 1.07 bits per heavy atom. The molecule has 0 fully saturated rings. The van der Waals surface area contributed by atoms with Gasteiger partial charge >= 0.3 is 0 Å². The monoisotopic (exact) mass is 624 g/mol. The molecule has 1 unspecified atom stereocenters. The first-order valence-corrected chi connectivity index (χ1v) is 13.8. The predicted molar refractivity (Wildman–Crippen MR) is 160 cm³/mol. The number of carbonyl (C=O) groups is 1. The number of non-ortho nitro benzene ring substituents is 1. The molecule has 44 heavy (non-hydrogen) atoms. The summed E-state index contributed by atoms with van der Waals surface area (Å²) in [4.78, 5) is 27.7. The van der Waals surface area contributed by atoms with Crippen molar-refractivity contribution in [2.45, 2.75) is 11.9 Å². The van der Waals surface area contributed by atoms with Crippen LogP contribution in [0.5, 0.6) is 17.2 Å². The van der Waals surface area contributed by atoms with Gasteiger partial charge < -0.3 is 32.9 Å². The molecule has 1 aliphatic rings. The second-order valence-electron chi connectivity index (χ2n) is 9.28. The minimum Gasteiger partial charge on any atom is -0.493 e. The molecule has 1 N–H and O–H groups in total. The Bertz CT molecular complexity index is 1730. The lowest BCUT2D eigenvalue weighted by atomic mass is 9.96. The second kappa shape index (κ2) is 12.8. The van der Waals surface area contributed by atoms with Gasteiger partial charge in [-0.2, -0.15) is 0 Å². The zero-order chi connectivity index (χ0) is 31.4. The molecule has 2 aromatic carbocycles. The Labute approximate surface area is 254 Å². The first kappa shape index (κ1) is 30.6. The summed E-state index contributed by atoms with van der Waals surface area (Å²) in [5.41, 5.74) is 2.26. The molecule has 0 aliphatic heterocycles. The molecule has 0 bridgehead atoms. The lowest BCUT2D eigenvalue weighted by Crippen LogP contribution is -2.47. The molecule has 0 radical (unpaired) electrons. The highest BCUT2D eigenvalue weighted by molar-refractivity contribution is 7.22. The van der Waals surface area contributed by atoms with Crippen LogP contribution in [0.15, 0.2) is 59.1 Å². The average Bonchev–Trinajstić information content (AvgIpc) is 3.69. The highest BCUT2D eigenvalue weighted by Gasteiger charge is 2.40. The number of hydrogen-bond acceptors (Lipinski definition) is 13. The number of aromatic nitrogens is 2. The molecule has 1 aliphatic carbocycles. The fourth-order valence-electron chi connectivity index (χ4n) is 4.59. The van der Waals surface area contributed by atoms with Crippen LogP contribution in [0.25, 0.3) is 27.0 Å². The molecular formula is C29H28N4O10S. The van der Waals surface area contributed by atoms with E-state index in [1.54, 1.807) is 36.4 Å². The summed E-state index contributed by atoms with van der Waals surface area (Å²) >= 11 is 1.11. The van der Waals surface area contributed by atoms with Crippen LogP contribution in [-0.4, -0.2) is 75.0 Å². The molecular weight excluding hydrogens is 596 g/mol. The molecule has 2 aromatic heterocycles. The van der Waals surface area contributed by atoms with Crippen LogP contribution in [-0.2, 0) is 19.0 Å². The molecule has 14 nitrogen and oxygen atoms in total. The zero-order valence-corrected chi connectivity index (χ0v) is 25.1. The topological polar surface area (TPSA) is 167 Å². The summed E-state index contributed by atoms with van der Waals surface area (Å²) in [6, 6.07) is 9.54. The van der Waals surface area contributed by atoms with Crippen LogP contribution in [0.1, 0.15) is 5.76 Å². The van der Waals surface area contributed by atoms with Gasteiger partial charge in [-0.05, 0) is 36.4 Å². The fraction of sp³-hybridized carbons (Fsp3) is 0.276. The van der Waals surface area contributed by atoms with E-state index < -0.39 is 22.7 Å². The van der Waals surface area contributed by atoms with Crippen LogP contribution in [0.2, 0.25) is 0 Å². The summed E-state index contributed by atoms with van der Waals surface area (Å²) in [6.45, 7) is -0.375. The van der Waals surface area contributed by atoms with Crippen molar-refractivity contribution in [2.24, 2.45) is 0 Å². The highest BCUT2D eigenvalue weighted by atomic mass is 32.1. The van der Waals surface area contributed by atoms with Crippen molar-refractivity contribution < 1.29 is 42.7 Å². The van der Waals surface area contributed by atoms with E-state index in [9.17, 15) is 14.9 Å². The second-order valence-corrected chi connectivity index (χ2v) is 10.3. The molecule has 1 atom stereocenters. The van der Waals surface area contributed by atoms with Crippen molar-refractivity contribution in [3.8, 4) is 28.5 Å². The zero-order valence-electron chi connectivity index (χ0n) is 24.3. The Morgan fingerprint density at radius 2 is 1.80 bits per heavy atom. The van der Waals surface area contributed by atoms with Gasteiger partial charge in [0, 0.05) is 43.6 Å². The number of nitrogens with one attached hydrogen (secondary N) is 1. The summed E-state index contributed by atoms with van der Waals surface area (Å²) in [6.07, 6.45) is 4.24. The predicted octanol–water partition coefficient (Wildman–Crippen LogP) is 4.85. The molecule has 1 amide bonds. The van der Waals surface area contributed by atoms with Gasteiger partial charge in [-0.25, -0.2) is 4.98 Å². The van der Waals surface area contributed by atoms with Crippen molar-refractivity contribution in [1.29, 1.82) is 0 Å². The number of ether oxygens (including phenoxy) is 6. The van der Waals surface area contributed by atoms with Gasteiger partial charge in [0.05, 0.1) is 36.5 Å². The quantitative estimate of drug-likeness (QED) is 0.129. The molecule has 4 aromatic rings. The van der Waals surface area contributed by atoms with Crippen molar-refractivity contribution in [3.05, 3.63) is 70.5 Å². The third-order valence-corrected chi connectivity index (χ3v) is 7.77. The normalized spacial score (nSPS) is 15.6. The number of fused-ring (bicyclic) bond motifs is 1. The number of hydrogen-bond donors (Lipinski definition) is 1. The minimum absolute atomic E-state index is 0.0619. The van der Waals surface area contributed by atoms with Crippen molar-refractivity contribution >= 4 is 43.9 Å². The van der Waals surface area contributed by atoms with E-state index in [0.29, 0.717) is 50.1 Å². The van der Waals surface area contributed by atoms with Crippen LogP contribution in [0.3, 0.4) is 0 Å². The van der Waals surface area contributed by atoms with E-state index in [2.05, 4.69) is 15.5 Å². The van der Waals surface area contributed by atoms with E-state index in [1.165, 1.54) is 53.7 Å². The number of rotatable bonds is 12. The van der Waals surface area contributed by atoms with E-state index in [1.807, 2.05) is 0 Å². The van der Waals surface area contributed by atoms with E-state index >= 15 is 0 Å². The maximum Gasteiger partial charge on any atom is 0.270 e. The maximum absolute atomic E-state index is 12.8. The third kappa shape index (κ3) is 5.98. The largest absolute Gasteiger partial charge is 0.493 e. The number of nitro groups is 1. The van der Waals surface area contributed by atoms with Crippen LogP contribution in [0, 0.1) is 10.1 Å². The van der Waals surface area contributed by atoms with Gasteiger partial charge in [-0.15, -0.1) is 0 Å². The van der Waals surface area contributed by atoms with Crippen molar-refractivity contribution in [2.75, 3.05) is 47.5 Å². The highest BCUT2D eigenvalue weighted by Crippen LogP contribution is 2.42. The number of allylic oxidation sites excluding steroid dienone is 2. The van der Waals surface area contributed by atoms with Gasteiger partial charge in [0.25, 0.3) is 11.6 Å². The SMILES string of the molecule is COc1cc(-c2cc(C3=CC(OCC(=O)Nc4nc5ccc([N+](=O)[O-])cc5s4)C(OC)(OC)C=C3)on2)cc(OC)c1OC. The molecule has 2 heterocycles. The van der Waals surface area contributed by atoms with Crippen LogP contribution < -0.4 is 19.5 Å². The Hall–Kier alpha value is -4.83. The number of amides is 1. The number of nitrogens with zero attached hydrogens (tertiary/aromatic N) is 3. The molecule has 230 valence electrons. The number of benzene rings is 2. The van der Waals surface area contributed by atoms with Crippen LogP contribution in [0.4, 0.5) is 10.8 Å². The fourth-order valence-corrected chi connectivity index (χ4v) is 5.51. The third-order valence-electron chi connectivity index (χ3n) is 6.84. The van der Waals surface area contributed by atoms with Crippen LogP contribution >= 0.6 is 11.3 Å². The van der Waals surface area contributed by atoms with E-state index in [4.69, 9.17) is 32.9 Å². The molecule has 15 heteroatoms. The van der Waals surface area contributed by atoms with Gasteiger partial charge in [0.2, 0.25) is 11.5 Å². The minimum atomic E-state index is -1.32. The summed E-state index contributed by atoms with van der Waals surface area (Å²) in [5, 5.41) is 18.2. The summed E-state index contributed by atoms with van der Waals surface area (Å²) < 4.78 is 39.7. The molecule has 5 rings (SSSR count). The number of thiazole rings is 1. The average molecular weight is 625 g/mol. The summed E-state index contributed by atoms with van der Waals surface area (Å²) in [7, 11) is 7.49. The first-order valence-electron chi connectivity index (χ1n) is 13.0. The Kier molecular flexibility index (Phi) is 8.91. The Balaban J connectivity index is 1.34. The van der Waals surface area contributed by atoms with Gasteiger partial charge in [0.1, 0.15) is 18.4 Å². The number of nitro benzene ring substituents is 1. The van der Waals surface area contributed by atoms with Gasteiger partial charge in [-0.3, -0.25) is 20.2 Å². The van der Waals surface area contributed by atoms with Gasteiger partial charge in [-0.1, -0.05) is 16.5 Å². The standard InChI is InChI=1S/C29H28N4O10S/c1-37-22-10-17(11-23(38-2)27(22)39-3)20-14-21(43-32-20)16-8-9-29(40-4,41-5)25(12-16)42-15-26(34)31-28-30-19-7-6-18(33(35)36)13-24(19)44-28/h6-14,25H,15H2,1-5H3,(H,30,31,34). The lowest BCUT2D eigenvalue weighted by Gasteiger charge is -2.36. The number of anilines is 1. The maximum atomic E-state index is 12.8. The van der Waals surface area contributed by atoms with Crippen molar-refractivity contribution in [1.82, 2.24) is 10.1 Å². The van der Waals surface area contributed by atoms with E-state index in [0.717, 1.165) is 11.3 Å². The van der Waals surface area contributed by atoms with Gasteiger partial charge in [0.15, 0.2) is 22.4 Å². The smallest absolute Gasteiger partial charge is 0.270 e. The van der Waals surface area contributed by atoms with Crippen molar-refractivity contribution in [3.63, 3.8) is 0 Å². The molecule has 0 spiro atoms. The summed E-state index contributed by atoms with van der Waals surface area (Å²) in [5.74, 6) is -0.00920. The lowest BCUT2D eigenvalue weighted by molar-refractivity contribution is -0.384. The molecule has 0 saturated heterocycles.